The third kappa shape index (κ3) is 3.74. The van der Waals surface area contributed by atoms with Crippen LogP contribution in [0.15, 0.2) is 155 Å². The van der Waals surface area contributed by atoms with Crippen molar-refractivity contribution < 1.29 is 8.83 Å². The maximum atomic E-state index is 6.50. The molecular formula is C39H24N2O2. The number of pyridine rings is 1. The molecule has 0 N–H and O–H groups in total. The van der Waals surface area contributed by atoms with E-state index in [1.54, 1.807) is 0 Å². The second-order valence-corrected chi connectivity index (χ2v) is 10.8. The summed E-state index contributed by atoms with van der Waals surface area (Å²) in [6.07, 6.45) is 1.84. The van der Waals surface area contributed by atoms with Crippen molar-refractivity contribution in [2.45, 2.75) is 0 Å². The molecule has 0 saturated carbocycles. The molecule has 0 fully saturated rings. The van der Waals surface area contributed by atoms with E-state index in [0.717, 1.165) is 77.4 Å². The number of anilines is 3. The zero-order chi connectivity index (χ0) is 28.3. The molecule has 202 valence electrons. The highest BCUT2D eigenvalue weighted by molar-refractivity contribution is 6.16. The van der Waals surface area contributed by atoms with E-state index in [4.69, 9.17) is 13.8 Å². The summed E-state index contributed by atoms with van der Waals surface area (Å²) in [7, 11) is 0. The van der Waals surface area contributed by atoms with Crippen LogP contribution in [-0.2, 0) is 0 Å². The monoisotopic (exact) mass is 552 g/mol. The summed E-state index contributed by atoms with van der Waals surface area (Å²) in [5.74, 6) is 0.781. The quantitative estimate of drug-likeness (QED) is 0.218. The van der Waals surface area contributed by atoms with Gasteiger partial charge in [0.05, 0.1) is 11.9 Å². The lowest BCUT2D eigenvalue weighted by atomic mass is 10.0. The van der Waals surface area contributed by atoms with Crippen LogP contribution in [0.2, 0.25) is 0 Å². The highest BCUT2D eigenvalue weighted by Crippen LogP contribution is 2.43. The lowest BCUT2D eigenvalue weighted by Gasteiger charge is -2.24. The van der Waals surface area contributed by atoms with E-state index >= 15 is 0 Å². The van der Waals surface area contributed by atoms with Gasteiger partial charge < -0.3 is 8.83 Å². The largest absolute Gasteiger partial charge is 0.454 e. The number of fused-ring (bicyclic) bond motifs is 8. The van der Waals surface area contributed by atoms with Crippen molar-refractivity contribution >= 4 is 71.8 Å². The van der Waals surface area contributed by atoms with Gasteiger partial charge in [0.25, 0.3) is 0 Å². The minimum Gasteiger partial charge on any atom is -0.454 e. The van der Waals surface area contributed by atoms with Gasteiger partial charge in [-0.25, -0.2) is 4.98 Å². The maximum absolute atomic E-state index is 6.50. The molecule has 0 aliphatic carbocycles. The smallest absolute Gasteiger partial charge is 0.159 e. The van der Waals surface area contributed by atoms with Crippen LogP contribution in [0.25, 0.3) is 65.8 Å². The van der Waals surface area contributed by atoms with Gasteiger partial charge in [-0.15, -0.1) is 0 Å². The molecule has 0 atom stereocenters. The first-order valence-corrected chi connectivity index (χ1v) is 14.4. The van der Waals surface area contributed by atoms with Gasteiger partial charge >= 0.3 is 0 Å². The summed E-state index contributed by atoms with van der Waals surface area (Å²) < 4.78 is 12.9. The number of para-hydroxylation sites is 2. The van der Waals surface area contributed by atoms with E-state index < -0.39 is 0 Å². The first-order chi connectivity index (χ1) is 21.3. The molecule has 4 heteroatoms. The van der Waals surface area contributed by atoms with Gasteiger partial charge in [-0.1, -0.05) is 103 Å². The number of hydrogen-bond donors (Lipinski definition) is 0. The fourth-order valence-electron chi connectivity index (χ4n) is 6.26. The molecule has 4 nitrogen and oxygen atoms in total. The van der Waals surface area contributed by atoms with Crippen molar-refractivity contribution in [3.8, 4) is 11.1 Å². The fraction of sp³-hybridized carbons (Fsp3) is 0. The third-order valence-corrected chi connectivity index (χ3v) is 8.32. The van der Waals surface area contributed by atoms with E-state index in [1.165, 1.54) is 5.56 Å². The average molecular weight is 553 g/mol. The molecule has 43 heavy (non-hydrogen) atoms. The Morgan fingerprint density at radius 2 is 1.16 bits per heavy atom. The van der Waals surface area contributed by atoms with E-state index in [2.05, 4.69) is 114 Å². The van der Waals surface area contributed by atoms with Crippen molar-refractivity contribution in [1.82, 2.24) is 4.98 Å². The summed E-state index contributed by atoms with van der Waals surface area (Å²) >= 11 is 0. The first kappa shape index (κ1) is 23.8. The van der Waals surface area contributed by atoms with Crippen LogP contribution in [0, 0.1) is 0 Å². The van der Waals surface area contributed by atoms with Crippen LogP contribution in [0.1, 0.15) is 0 Å². The summed E-state index contributed by atoms with van der Waals surface area (Å²) in [4.78, 5) is 7.15. The SMILES string of the molecule is c1ccc(-c2ccc(N(c3cc4c(cn3)oc3c5ccccc5ccc43)c3cccc4c3oc3ccccc34)cc2)cc1. The highest BCUT2D eigenvalue weighted by atomic mass is 16.3. The van der Waals surface area contributed by atoms with Crippen LogP contribution in [0.5, 0.6) is 0 Å². The predicted octanol–water partition coefficient (Wildman–Crippen LogP) is 11.2. The summed E-state index contributed by atoms with van der Waals surface area (Å²) in [5.41, 5.74) is 7.56. The molecule has 6 aromatic carbocycles. The number of aromatic nitrogens is 1. The van der Waals surface area contributed by atoms with E-state index in [0.29, 0.717) is 0 Å². The van der Waals surface area contributed by atoms with Crippen LogP contribution in [0.3, 0.4) is 0 Å². The van der Waals surface area contributed by atoms with Crippen LogP contribution >= 0.6 is 0 Å². The lowest BCUT2D eigenvalue weighted by Crippen LogP contribution is -2.11. The number of nitrogens with zero attached hydrogens (tertiary/aromatic N) is 2. The molecule has 9 rings (SSSR count). The molecule has 0 aliphatic heterocycles. The minimum absolute atomic E-state index is 0.761. The standard InChI is InChI=1S/C39H24N2O2/c1-2-9-25(10-3-1)26-17-20-28(21-18-26)41(34-15-8-14-31-30-13-6-7-16-35(30)42-39(31)34)37-23-33-32-22-19-27-11-4-5-12-29(27)38(32)43-36(33)24-40-37/h1-24H. The molecule has 0 aliphatic rings. The zero-order valence-corrected chi connectivity index (χ0v) is 23.1. The molecule has 0 saturated heterocycles. The molecule has 9 aromatic rings. The van der Waals surface area contributed by atoms with E-state index in [-0.39, 0.29) is 0 Å². The van der Waals surface area contributed by atoms with Gasteiger partial charge in [-0.2, -0.15) is 0 Å². The van der Waals surface area contributed by atoms with E-state index in [1.807, 2.05) is 36.5 Å². The zero-order valence-electron chi connectivity index (χ0n) is 23.1. The van der Waals surface area contributed by atoms with Crippen LogP contribution in [0.4, 0.5) is 17.2 Å². The van der Waals surface area contributed by atoms with Crippen LogP contribution in [-0.4, -0.2) is 4.98 Å². The molecular weight excluding hydrogens is 528 g/mol. The molecule has 0 amide bonds. The van der Waals surface area contributed by atoms with Gasteiger partial charge in [0, 0.05) is 32.6 Å². The summed E-state index contributed by atoms with van der Waals surface area (Å²) in [6.45, 7) is 0. The summed E-state index contributed by atoms with van der Waals surface area (Å²) in [6, 6.07) is 48.3. The van der Waals surface area contributed by atoms with Gasteiger partial charge in [0.2, 0.25) is 0 Å². The Balaban J connectivity index is 1.28. The van der Waals surface area contributed by atoms with Gasteiger partial charge in [0.15, 0.2) is 11.2 Å². The van der Waals surface area contributed by atoms with Gasteiger partial charge in [-0.05, 0) is 52.9 Å². The third-order valence-electron chi connectivity index (χ3n) is 8.32. The number of benzene rings is 6. The molecule has 0 unspecified atom stereocenters. The molecule has 3 heterocycles. The van der Waals surface area contributed by atoms with Crippen molar-refractivity contribution in [3.63, 3.8) is 0 Å². The van der Waals surface area contributed by atoms with Crippen molar-refractivity contribution in [1.29, 1.82) is 0 Å². The van der Waals surface area contributed by atoms with Gasteiger partial charge in [-0.3, -0.25) is 4.90 Å². The lowest BCUT2D eigenvalue weighted by molar-refractivity contribution is 0.668. The normalized spacial score (nSPS) is 11.7. The molecule has 0 radical (unpaired) electrons. The Morgan fingerprint density at radius 3 is 2.05 bits per heavy atom. The Bertz CT molecular complexity index is 2450. The van der Waals surface area contributed by atoms with Crippen LogP contribution < -0.4 is 4.90 Å². The van der Waals surface area contributed by atoms with Crippen molar-refractivity contribution in [3.05, 3.63) is 146 Å². The second-order valence-electron chi connectivity index (χ2n) is 10.8. The Hall–Kier alpha value is -5.87. The number of hydrogen-bond acceptors (Lipinski definition) is 4. The average Bonchev–Trinajstić information content (AvgIpc) is 3.65. The molecule has 0 spiro atoms. The Morgan fingerprint density at radius 1 is 0.465 bits per heavy atom. The molecule has 0 bridgehead atoms. The highest BCUT2D eigenvalue weighted by Gasteiger charge is 2.22. The molecule has 3 aromatic heterocycles. The summed E-state index contributed by atoms with van der Waals surface area (Å²) in [5, 5.41) is 6.50. The van der Waals surface area contributed by atoms with E-state index in [9.17, 15) is 0 Å². The first-order valence-electron chi connectivity index (χ1n) is 14.4. The Kier molecular flexibility index (Phi) is 5.16. The van der Waals surface area contributed by atoms with Crippen molar-refractivity contribution in [2.75, 3.05) is 4.90 Å². The van der Waals surface area contributed by atoms with Gasteiger partial charge in [0.1, 0.15) is 17.0 Å². The predicted molar refractivity (Wildman–Crippen MR) is 176 cm³/mol. The minimum atomic E-state index is 0.761. The maximum Gasteiger partial charge on any atom is 0.159 e. The number of rotatable bonds is 4. The topological polar surface area (TPSA) is 42.4 Å². The second kappa shape index (κ2) is 9.33. The van der Waals surface area contributed by atoms with Crippen molar-refractivity contribution in [2.24, 2.45) is 0 Å². The Labute approximate surface area is 247 Å². The number of furan rings is 2. The fourth-order valence-corrected chi connectivity index (χ4v) is 6.26.